The molecule has 0 fully saturated rings. The van der Waals surface area contributed by atoms with E-state index in [9.17, 15) is 9.90 Å². The van der Waals surface area contributed by atoms with Gasteiger partial charge in [-0.25, -0.2) is 0 Å². The van der Waals surface area contributed by atoms with E-state index in [1.807, 2.05) is 12.3 Å². The third kappa shape index (κ3) is 2.31. The molecule has 4 heteroatoms. The number of pyridine rings is 1. The van der Waals surface area contributed by atoms with Gasteiger partial charge in [0.1, 0.15) is 0 Å². The summed E-state index contributed by atoms with van der Waals surface area (Å²) >= 11 is 0. The van der Waals surface area contributed by atoms with E-state index < -0.39 is 0 Å². The minimum absolute atomic E-state index is 0.00371. The molecule has 0 amide bonds. The molecule has 0 bridgehead atoms. The first kappa shape index (κ1) is 13.7. The molecule has 1 N–H and O–H groups in total. The maximum Gasteiger partial charge on any atom is 0.182 e. The van der Waals surface area contributed by atoms with Crippen LogP contribution in [0, 0.1) is 0 Å². The number of aromatic nitrogens is 1. The molecule has 1 aromatic heterocycles. The largest absolute Gasteiger partial charge is 0.504 e. The second kappa shape index (κ2) is 5.28. The maximum atomic E-state index is 11.8. The lowest BCUT2D eigenvalue weighted by molar-refractivity contribution is 0.373. The number of phenolic OH excluding ortho intramolecular Hbond substituents is 1. The van der Waals surface area contributed by atoms with Gasteiger partial charge in [-0.05, 0) is 37.0 Å². The van der Waals surface area contributed by atoms with Crippen molar-refractivity contribution >= 4 is 0 Å². The van der Waals surface area contributed by atoms with Crippen LogP contribution in [0.15, 0.2) is 35.3 Å². The maximum absolute atomic E-state index is 11.8. The van der Waals surface area contributed by atoms with E-state index in [0.717, 1.165) is 36.1 Å². The average Bonchev–Trinajstić information content (AvgIpc) is 2.62. The monoisotopic (exact) mass is 285 g/mol. The molecule has 4 nitrogen and oxygen atoms in total. The second-order valence-electron chi connectivity index (χ2n) is 5.44. The second-order valence-corrected chi connectivity index (χ2v) is 5.44. The molecule has 0 radical (unpaired) electrons. The molecule has 2 heterocycles. The van der Waals surface area contributed by atoms with Gasteiger partial charge in [0.2, 0.25) is 0 Å². The van der Waals surface area contributed by atoms with Gasteiger partial charge in [-0.2, -0.15) is 0 Å². The summed E-state index contributed by atoms with van der Waals surface area (Å²) in [6, 6.07) is 7.22. The summed E-state index contributed by atoms with van der Waals surface area (Å²) in [5, 5.41) is 9.99. The van der Waals surface area contributed by atoms with E-state index in [0.29, 0.717) is 11.8 Å². The minimum atomic E-state index is -0.00371. The topological polar surface area (TPSA) is 51.5 Å². The van der Waals surface area contributed by atoms with Gasteiger partial charge in [-0.1, -0.05) is 6.92 Å². The van der Waals surface area contributed by atoms with Crippen LogP contribution in [0.3, 0.4) is 0 Å². The normalized spacial score (nSPS) is 16.8. The number of aryl methyl sites for hydroxylation is 1. The van der Waals surface area contributed by atoms with Crippen molar-refractivity contribution in [3.05, 3.63) is 46.2 Å². The lowest BCUT2D eigenvalue weighted by Crippen LogP contribution is -2.12. The number of fused-ring (bicyclic) bond motifs is 3. The number of hydrogen-bond donors (Lipinski definition) is 1. The number of phenols is 1. The molecule has 110 valence electrons. The van der Waals surface area contributed by atoms with Gasteiger partial charge in [0, 0.05) is 29.9 Å². The van der Waals surface area contributed by atoms with Crippen LogP contribution in [0.2, 0.25) is 0 Å². The van der Waals surface area contributed by atoms with E-state index in [2.05, 4.69) is 11.5 Å². The Hall–Kier alpha value is -2.23. The number of aromatic hydroxyl groups is 1. The Bertz CT molecular complexity index is 733. The number of nitrogens with zero attached hydrogens (tertiary/aromatic N) is 1. The molecule has 3 rings (SSSR count). The SMILES string of the molecule is CCC1CCc2cc(O)c(OC)cc2-c2cc(=O)ccn21. The van der Waals surface area contributed by atoms with Crippen LogP contribution in [-0.2, 0) is 6.42 Å². The summed E-state index contributed by atoms with van der Waals surface area (Å²) in [5.41, 5.74) is 2.93. The van der Waals surface area contributed by atoms with Crippen LogP contribution in [0.5, 0.6) is 11.5 Å². The summed E-state index contributed by atoms with van der Waals surface area (Å²) in [6.07, 6.45) is 4.75. The number of hydrogen-bond acceptors (Lipinski definition) is 3. The van der Waals surface area contributed by atoms with Crippen LogP contribution >= 0.6 is 0 Å². The van der Waals surface area contributed by atoms with Crippen LogP contribution in [0.4, 0.5) is 0 Å². The molecular weight excluding hydrogens is 266 g/mol. The predicted octanol–water partition coefficient (Wildman–Crippen LogP) is 3.13. The molecule has 1 unspecified atom stereocenters. The molecule has 1 aliphatic heterocycles. The van der Waals surface area contributed by atoms with Gasteiger partial charge in [0.25, 0.3) is 0 Å². The highest BCUT2D eigenvalue weighted by Gasteiger charge is 2.21. The number of ether oxygens (including phenoxy) is 1. The quantitative estimate of drug-likeness (QED) is 0.922. The van der Waals surface area contributed by atoms with Gasteiger partial charge in [0.15, 0.2) is 16.9 Å². The van der Waals surface area contributed by atoms with E-state index in [-0.39, 0.29) is 11.2 Å². The van der Waals surface area contributed by atoms with Gasteiger partial charge < -0.3 is 14.4 Å². The smallest absolute Gasteiger partial charge is 0.182 e. The van der Waals surface area contributed by atoms with E-state index in [4.69, 9.17) is 4.74 Å². The Kier molecular flexibility index (Phi) is 3.45. The zero-order valence-electron chi connectivity index (χ0n) is 12.3. The number of methoxy groups -OCH3 is 1. The molecular formula is C17H19NO3. The van der Waals surface area contributed by atoms with Crippen LogP contribution in [0.25, 0.3) is 11.3 Å². The standard InChI is InChI=1S/C17H19NO3/c1-3-12-5-4-11-8-16(20)17(21-2)10-14(11)15-9-13(19)6-7-18(12)15/h6-10,12,20H,3-5H2,1-2H3. The van der Waals surface area contributed by atoms with Gasteiger partial charge in [-0.3, -0.25) is 4.79 Å². The number of rotatable bonds is 2. The Labute approximate surface area is 123 Å². The zero-order valence-corrected chi connectivity index (χ0v) is 12.3. The van der Waals surface area contributed by atoms with E-state index in [1.165, 1.54) is 7.11 Å². The fourth-order valence-electron chi connectivity index (χ4n) is 3.11. The summed E-state index contributed by atoms with van der Waals surface area (Å²) in [6.45, 7) is 2.15. The number of benzene rings is 1. The van der Waals surface area contributed by atoms with Gasteiger partial charge in [0.05, 0.1) is 12.8 Å². The highest BCUT2D eigenvalue weighted by atomic mass is 16.5. The summed E-state index contributed by atoms with van der Waals surface area (Å²) < 4.78 is 7.38. The highest BCUT2D eigenvalue weighted by molar-refractivity contribution is 5.69. The molecule has 1 aliphatic rings. The predicted molar refractivity (Wildman–Crippen MR) is 82.0 cm³/mol. The van der Waals surface area contributed by atoms with Crippen LogP contribution in [0.1, 0.15) is 31.4 Å². The van der Waals surface area contributed by atoms with Crippen molar-refractivity contribution in [2.75, 3.05) is 7.11 Å². The third-order valence-corrected chi connectivity index (χ3v) is 4.25. The van der Waals surface area contributed by atoms with Crippen molar-refractivity contribution in [3.63, 3.8) is 0 Å². The summed E-state index contributed by atoms with van der Waals surface area (Å²) in [7, 11) is 1.53. The molecule has 0 spiro atoms. The Balaban J connectivity index is 2.29. The van der Waals surface area contributed by atoms with Crippen molar-refractivity contribution in [1.82, 2.24) is 4.57 Å². The Morgan fingerprint density at radius 1 is 1.38 bits per heavy atom. The molecule has 21 heavy (non-hydrogen) atoms. The molecule has 0 saturated carbocycles. The van der Waals surface area contributed by atoms with Crippen molar-refractivity contribution in [1.29, 1.82) is 0 Å². The van der Waals surface area contributed by atoms with Crippen LogP contribution in [-0.4, -0.2) is 16.8 Å². The lowest BCUT2D eigenvalue weighted by atomic mass is 9.99. The van der Waals surface area contributed by atoms with Crippen molar-refractivity contribution in [2.45, 2.75) is 32.2 Å². The summed E-state index contributed by atoms with van der Waals surface area (Å²) in [4.78, 5) is 11.8. The first-order valence-corrected chi connectivity index (χ1v) is 7.26. The lowest BCUT2D eigenvalue weighted by Gasteiger charge is -2.20. The molecule has 0 saturated heterocycles. The first-order chi connectivity index (χ1) is 10.1. The van der Waals surface area contributed by atoms with Crippen LogP contribution < -0.4 is 10.2 Å². The van der Waals surface area contributed by atoms with Crippen molar-refractivity contribution in [2.24, 2.45) is 0 Å². The minimum Gasteiger partial charge on any atom is -0.504 e. The molecule has 1 aromatic carbocycles. The average molecular weight is 285 g/mol. The van der Waals surface area contributed by atoms with Crippen molar-refractivity contribution < 1.29 is 9.84 Å². The highest BCUT2D eigenvalue weighted by Crippen LogP contribution is 2.39. The fourth-order valence-corrected chi connectivity index (χ4v) is 3.11. The molecule has 0 aliphatic carbocycles. The van der Waals surface area contributed by atoms with Gasteiger partial charge in [-0.15, -0.1) is 0 Å². The Morgan fingerprint density at radius 3 is 2.90 bits per heavy atom. The van der Waals surface area contributed by atoms with E-state index >= 15 is 0 Å². The fraction of sp³-hybridized carbons (Fsp3) is 0.353. The van der Waals surface area contributed by atoms with E-state index in [1.54, 1.807) is 18.2 Å². The molecule has 1 atom stereocenters. The zero-order chi connectivity index (χ0) is 15.0. The third-order valence-electron chi connectivity index (χ3n) is 4.25. The Morgan fingerprint density at radius 2 is 2.19 bits per heavy atom. The summed E-state index contributed by atoms with van der Waals surface area (Å²) in [5.74, 6) is 0.586. The molecule has 2 aromatic rings. The van der Waals surface area contributed by atoms with Gasteiger partial charge >= 0.3 is 0 Å². The van der Waals surface area contributed by atoms with Crippen molar-refractivity contribution in [3.8, 4) is 22.8 Å². The first-order valence-electron chi connectivity index (χ1n) is 7.26.